The van der Waals surface area contributed by atoms with E-state index in [-0.39, 0.29) is 0 Å². The first-order valence-corrected chi connectivity index (χ1v) is 8.63. The Bertz CT molecular complexity index is 771. The molecule has 1 aromatic heterocycles. The van der Waals surface area contributed by atoms with E-state index >= 15 is 0 Å². The number of hydrogen-bond donors (Lipinski definition) is 1. The van der Waals surface area contributed by atoms with Crippen molar-refractivity contribution >= 4 is 67.3 Å². The second-order valence-electron chi connectivity index (χ2n) is 4.08. The Balaban J connectivity index is 1.96. The number of thioether (sulfide) groups is 1. The summed E-state index contributed by atoms with van der Waals surface area (Å²) in [7, 11) is 0. The van der Waals surface area contributed by atoms with Gasteiger partial charge < -0.3 is 5.32 Å². The van der Waals surface area contributed by atoms with Crippen molar-refractivity contribution in [2.24, 2.45) is 0 Å². The molecule has 20 heavy (non-hydrogen) atoms. The van der Waals surface area contributed by atoms with Gasteiger partial charge in [0.25, 0.3) is 0 Å². The third-order valence-electron chi connectivity index (χ3n) is 2.79. The zero-order valence-electron chi connectivity index (χ0n) is 10.5. The van der Waals surface area contributed by atoms with Gasteiger partial charge in [0.2, 0.25) is 0 Å². The second-order valence-corrected chi connectivity index (χ2v) is 6.77. The first-order chi connectivity index (χ1) is 9.67. The van der Waals surface area contributed by atoms with Crippen molar-refractivity contribution in [3.05, 3.63) is 46.4 Å². The van der Waals surface area contributed by atoms with Gasteiger partial charge in [-0.15, -0.1) is 11.8 Å². The second kappa shape index (κ2) is 5.82. The van der Waals surface area contributed by atoms with E-state index in [1.165, 1.54) is 4.90 Å². The number of rotatable bonds is 3. The quantitative estimate of drug-likeness (QED) is 0.585. The summed E-state index contributed by atoms with van der Waals surface area (Å²) in [4.78, 5) is 5.78. The lowest BCUT2D eigenvalue weighted by Crippen LogP contribution is -1.90. The van der Waals surface area contributed by atoms with Gasteiger partial charge in [-0.1, -0.05) is 40.6 Å². The Kier molecular flexibility index (Phi) is 4.08. The third kappa shape index (κ3) is 2.74. The molecule has 6 heteroatoms. The van der Waals surface area contributed by atoms with Crippen LogP contribution in [0.15, 0.2) is 41.3 Å². The summed E-state index contributed by atoms with van der Waals surface area (Å²) in [6.45, 7) is 0. The Morgan fingerprint density at radius 3 is 2.85 bits per heavy atom. The lowest BCUT2D eigenvalue weighted by Gasteiger charge is -2.05. The van der Waals surface area contributed by atoms with E-state index in [4.69, 9.17) is 23.2 Å². The van der Waals surface area contributed by atoms with Gasteiger partial charge in [0.05, 0.1) is 25.9 Å². The molecule has 0 aliphatic heterocycles. The molecule has 3 aromatic rings. The van der Waals surface area contributed by atoms with E-state index in [9.17, 15) is 0 Å². The lowest BCUT2D eigenvalue weighted by atomic mass is 10.3. The Morgan fingerprint density at radius 1 is 1.20 bits per heavy atom. The molecule has 0 bridgehead atoms. The topological polar surface area (TPSA) is 24.9 Å². The van der Waals surface area contributed by atoms with Crippen LogP contribution in [0.5, 0.6) is 0 Å². The molecule has 102 valence electrons. The van der Waals surface area contributed by atoms with Crippen LogP contribution in [0.4, 0.5) is 10.8 Å². The average Bonchev–Trinajstić information content (AvgIpc) is 2.85. The average molecular weight is 341 g/mol. The van der Waals surface area contributed by atoms with Gasteiger partial charge in [-0.05, 0) is 36.6 Å². The normalized spacial score (nSPS) is 10.9. The van der Waals surface area contributed by atoms with Gasteiger partial charge >= 0.3 is 0 Å². The highest BCUT2D eigenvalue weighted by atomic mass is 35.5. The Labute approximate surface area is 135 Å². The molecule has 1 heterocycles. The minimum Gasteiger partial charge on any atom is -0.330 e. The number of hydrogen-bond acceptors (Lipinski definition) is 4. The maximum atomic E-state index is 6.17. The van der Waals surface area contributed by atoms with E-state index in [0.29, 0.717) is 10.0 Å². The molecule has 0 atom stereocenters. The van der Waals surface area contributed by atoms with E-state index in [2.05, 4.69) is 28.7 Å². The third-order valence-corrected chi connectivity index (χ3v) is 5.27. The first-order valence-electron chi connectivity index (χ1n) is 5.83. The van der Waals surface area contributed by atoms with Crippen LogP contribution in [-0.4, -0.2) is 11.2 Å². The summed E-state index contributed by atoms with van der Waals surface area (Å²) >= 11 is 15.5. The van der Waals surface area contributed by atoms with Gasteiger partial charge in [-0.3, -0.25) is 0 Å². The number of fused-ring (bicyclic) bond motifs is 1. The molecule has 0 unspecified atom stereocenters. The van der Waals surface area contributed by atoms with Gasteiger partial charge in [0.15, 0.2) is 5.13 Å². The SMILES string of the molecule is CSc1ccc2nc(Nc3cccc(Cl)c3Cl)sc2c1. The molecule has 0 radical (unpaired) electrons. The molecule has 0 saturated carbocycles. The summed E-state index contributed by atoms with van der Waals surface area (Å²) < 4.78 is 1.15. The summed E-state index contributed by atoms with van der Waals surface area (Å²) in [6, 6.07) is 11.7. The van der Waals surface area contributed by atoms with Crippen LogP contribution in [0.25, 0.3) is 10.2 Å². The standard InChI is InChI=1S/C14H10Cl2N2S2/c1-19-8-5-6-10-12(7-8)20-14(17-10)18-11-4-2-3-9(15)13(11)16/h2-7H,1H3,(H,17,18). The lowest BCUT2D eigenvalue weighted by molar-refractivity contribution is 1.43. The summed E-state index contributed by atoms with van der Waals surface area (Å²) in [5, 5.41) is 5.07. The van der Waals surface area contributed by atoms with E-state index in [1.54, 1.807) is 29.2 Å². The van der Waals surface area contributed by atoms with Crippen molar-refractivity contribution in [3.63, 3.8) is 0 Å². The fourth-order valence-electron chi connectivity index (χ4n) is 1.80. The van der Waals surface area contributed by atoms with Crippen molar-refractivity contribution in [1.29, 1.82) is 0 Å². The molecule has 2 nitrogen and oxygen atoms in total. The number of thiazole rings is 1. The molecule has 0 aliphatic carbocycles. The fraction of sp³-hybridized carbons (Fsp3) is 0.0714. The molecular formula is C14H10Cl2N2S2. The molecule has 0 fully saturated rings. The molecule has 0 aliphatic rings. The number of nitrogens with one attached hydrogen (secondary N) is 1. The highest BCUT2D eigenvalue weighted by Gasteiger charge is 2.08. The van der Waals surface area contributed by atoms with Gasteiger partial charge in [0, 0.05) is 4.90 Å². The number of halogens is 2. The summed E-state index contributed by atoms with van der Waals surface area (Å²) in [6.07, 6.45) is 2.06. The van der Waals surface area contributed by atoms with E-state index in [1.807, 2.05) is 18.2 Å². The molecular weight excluding hydrogens is 331 g/mol. The van der Waals surface area contributed by atoms with E-state index < -0.39 is 0 Å². The van der Waals surface area contributed by atoms with Crippen molar-refractivity contribution in [3.8, 4) is 0 Å². The van der Waals surface area contributed by atoms with Crippen LogP contribution in [-0.2, 0) is 0 Å². The Hall–Kier alpha value is -0.940. The number of anilines is 2. The van der Waals surface area contributed by atoms with Crippen molar-refractivity contribution in [1.82, 2.24) is 4.98 Å². The molecule has 0 spiro atoms. The zero-order chi connectivity index (χ0) is 14.1. The minimum atomic E-state index is 0.512. The van der Waals surface area contributed by atoms with Crippen LogP contribution in [0.2, 0.25) is 10.0 Å². The molecule has 1 N–H and O–H groups in total. The Morgan fingerprint density at radius 2 is 2.05 bits per heavy atom. The highest BCUT2D eigenvalue weighted by molar-refractivity contribution is 7.98. The summed E-state index contributed by atoms with van der Waals surface area (Å²) in [5.41, 5.74) is 1.75. The molecule has 0 amide bonds. The monoisotopic (exact) mass is 340 g/mol. The number of nitrogens with zero attached hydrogens (tertiary/aromatic N) is 1. The summed E-state index contributed by atoms with van der Waals surface area (Å²) in [5.74, 6) is 0. The predicted octanol–water partition coefficient (Wildman–Crippen LogP) is 6.07. The van der Waals surface area contributed by atoms with Crippen LogP contribution in [0.1, 0.15) is 0 Å². The molecule has 0 saturated heterocycles. The van der Waals surface area contributed by atoms with Crippen molar-refractivity contribution < 1.29 is 0 Å². The number of benzene rings is 2. The van der Waals surface area contributed by atoms with Gasteiger partial charge in [-0.2, -0.15) is 0 Å². The largest absolute Gasteiger partial charge is 0.330 e. The maximum Gasteiger partial charge on any atom is 0.188 e. The molecule has 3 rings (SSSR count). The predicted molar refractivity (Wildman–Crippen MR) is 91.1 cm³/mol. The van der Waals surface area contributed by atoms with Crippen LogP contribution < -0.4 is 5.32 Å². The van der Waals surface area contributed by atoms with Crippen LogP contribution >= 0.6 is 46.3 Å². The van der Waals surface area contributed by atoms with Crippen LogP contribution in [0.3, 0.4) is 0 Å². The number of aromatic nitrogens is 1. The van der Waals surface area contributed by atoms with Crippen LogP contribution in [0, 0.1) is 0 Å². The zero-order valence-corrected chi connectivity index (χ0v) is 13.6. The maximum absolute atomic E-state index is 6.17. The van der Waals surface area contributed by atoms with Crippen molar-refractivity contribution in [2.45, 2.75) is 4.90 Å². The smallest absolute Gasteiger partial charge is 0.188 e. The highest BCUT2D eigenvalue weighted by Crippen LogP contribution is 2.35. The van der Waals surface area contributed by atoms with Crippen molar-refractivity contribution in [2.75, 3.05) is 11.6 Å². The first kappa shape index (κ1) is 14.0. The molecule has 2 aromatic carbocycles. The fourth-order valence-corrected chi connectivity index (χ4v) is 3.58. The van der Waals surface area contributed by atoms with Gasteiger partial charge in [-0.25, -0.2) is 4.98 Å². The minimum absolute atomic E-state index is 0.512. The van der Waals surface area contributed by atoms with Gasteiger partial charge in [0.1, 0.15) is 0 Å². The van der Waals surface area contributed by atoms with E-state index in [0.717, 1.165) is 21.0 Å².